The van der Waals surface area contributed by atoms with Crippen LogP contribution < -0.4 is 5.56 Å². The Morgan fingerprint density at radius 2 is 2.19 bits per heavy atom. The summed E-state index contributed by atoms with van der Waals surface area (Å²) in [6.07, 6.45) is 9.85. The first-order chi connectivity index (χ1) is 12.5. The number of carbonyl (C=O) groups excluding carboxylic acids is 1. The first kappa shape index (κ1) is 16.7. The topological polar surface area (TPSA) is 85.9 Å². The maximum Gasteiger partial charge on any atom is 0.253 e. The molecule has 2 aliphatic rings. The number of amides is 1. The van der Waals surface area contributed by atoms with Crippen LogP contribution in [0.25, 0.3) is 0 Å². The zero-order chi connectivity index (χ0) is 18.1. The van der Waals surface area contributed by atoms with Gasteiger partial charge in [0.15, 0.2) is 0 Å². The van der Waals surface area contributed by atoms with Crippen molar-refractivity contribution >= 4 is 5.91 Å². The van der Waals surface area contributed by atoms with E-state index in [1.54, 1.807) is 15.6 Å². The van der Waals surface area contributed by atoms with Crippen molar-refractivity contribution in [2.45, 2.75) is 45.8 Å². The summed E-state index contributed by atoms with van der Waals surface area (Å²) < 4.78 is 3.29. The Morgan fingerprint density at radius 3 is 2.92 bits per heavy atom. The lowest BCUT2D eigenvalue weighted by atomic mass is 9.77. The number of fused-ring (bicyclic) bond motifs is 1. The van der Waals surface area contributed by atoms with Gasteiger partial charge in [-0.2, -0.15) is 5.10 Å². The molecule has 136 valence electrons. The lowest BCUT2D eigenvalue weighted by Gasteiger charge is -2.37. The summed E-state index contributed by atoms with van der Waals surface area (Å²) in [5.74, 6) is 0.797. The summed E-state index contributed by atoms with van der Waals surface area (Å²) in [5, 5.41) is 4.05. The van der Waals surface area contributed by atoms with E-state index in [0.717, 1.165) is 19.3 Å². The monoisotopic (exact) mass is 354 g/mol. The predicted octanol–water partition coefficient (Wildman–Crippen LogP) is 0.972. The van der Waals surface area contributed by atoms with E-state index in [0.29, 0.717) is 37.7 Å². The van der Waals surface area contributed by atoms with E-state index in [1.807, 2.05) is 11.8 Å². The minimum Gasteiger partial charge on any atom is -0.333 e. The molecule has 1 amide bonds. The van der Waals surface area contributed by atoms with E-state index in [1.165, 1.54) is 12.4 Å². The number of hydrogen-bond acceptors (Lipinski definition) is 5. The van der Waals surface area contributed by atoms with E-state index in [4.69, 9.17) is 0 Å². The molecule has 0 aromatic carbocycles. The second-order valence-electron chi connectivity index (χ2n) is 7.25. The fraction of sp³-hybridized carbons (Fsp3) is 0.500. The lowest BCUT2D eigenvalue weighted by Crippen LogP contribution is -2.48. The van der Waals surface area contributed by atoms with Gasteiger partial charge in [0.05, 0.1) is 24.2 Å². The molecule has 3 heterocycles. The zero-order valence-electron chi connectivity index (χ0n) is 14.8. The van der Waals surface area contributed by atoms with Crippen LogP contribution in [0.4, 0.5) is 0 Å². The second kappa shape index (κ2) is 6.51. The molecule has 0 N–H and O–H groups in total. The van der Waals surface area contributed by atoms with Crippen molar-refractivity contribution in [3.63, 3.8) is 0 Å². The standard InChI is InChI=1S/C18H22N6O2/c1-18(5-3-2-4-6-18)17(26)22-7-8-24-15(11-22)21-14(9-16(24)25)10-23-13-19-12-20-23/h2-3,9,12-13H,4-8,10-11H2,1H3. The minimum atomic E-state index is -0.352. The van der Waals surface area contributed by atoms with Gasteiger partial charge in [-0.15, -0.1) is 0 Å². The van der Waals surface area contributed by atoms with Crippen LogP contribution in [0.3, 0.4) is 0 Å². The largest absolute Gasteiger partial charge is 0.333 e. The Morgan fingerprint density at radius 1 is 1.31 bits per heavy atom. The van der Waals surface area contributed by atoms with Gasteiger partial charge in [0.2, 0.25) is 5.91 Å². The van der Waals surface area contributed by atoms with Crippen molar-refractivity contribution in [2.75, 3.05) is 6.54 Å². The second-order valence-corrected chi connectivity index (χ2v) is 7.25. The summed E-state index contributed by atoms with van der Waals surface area (Å²) >= 11 is 0. The highest BCUT2D eigenvalue weighted by atomic mass is 16.2. The SMILES string of the molecule is CC1(C(=O)N2CCn3c(nc(Cn4cncn4)cc3=O)C2)CC=CCC1. The fourth-order valence-electron chi connectivity index (χ4n) is 3.71. The Labute approximate surface area is 151 Å². The lowest BCUT2D eigenvalue weighted by molar-refractivity contribution is -0.143. The third kappa shape index (κ3) is 3.07. The summed E-state index contributed by atoms with van der Waals surface area (Å²) in [6.45, 7) is 3.84. The molecule has 8 nitrogen and oxygen atoms in total. The number of carbonyl (C=O) groups is 1. The zero-order valence-corrected chi connectivity index (χ0v) is 14.8. The molecule has 0 saturated carbocycles. The molecule has 0 radical (unpaired) electrons. The van der Waals surface area contributed by atoms with Crippen LogP contribution in [0.2, 0.25) is 0 Å². The quantitative estimate of drug-likeness (QED) is 0.767. The van der Waals surface area contributed by atoms with Crippen LogP contribution in [0.5, 0.6) is 0 Å². The van der Waals surface area contributed by atoms with E-state index >= 15 is 0 Å². The van der Waals surface area contributed by atoms with Gasteiger partial charge in [0.1, 0.15) is 18.5 Å². The van der Waals surface area contributed by atoms with Crippen LogP contribution in [0, 0.1) is 5.41 Å². The first-order valence-corrected chi connectivity index (χ1v) is 8.92. The van der Waals surface area contributed by atoms with Crippen molar-refractivity contribution < 1.29 is 4.79 Å². The summed E-state index contributed by atoms with van der Waals surface area (Å²) in [5.41, 5.74) is 0.201. The molecule has 1 atom stereocenters. The van der Waals surface area contributed by atoms with E-state index in [9.17, 15) is 9.59 Å². The van der Waals surface area contributed by atoms with Crippen LogP contribution in [0.15, 0.2) is 35.7 Å². The maximum atomic E-state index is 13.1. The van der Waals surface area contributed by atoms with E-state index in [2.05, 4.69) is 27.2 Å². The highest BCUT2D eigenvalue weighted by molar-refractivity contribution is 5.82. The highest BCUT2D eigenvalue weighted by Gasteiger charge is 2.37. The van der Waals surface area contributed by atoms with Crippen molar-refractivity contribution in [2.24, 2.45) is 5.41 Å². The molecule has 1 aliphatic carbocycles. The number of hydrogen-bond donors (Lipinski definition) is 0. The number of aromatic nitrogens is 5. The Balaban J connectivity index is 1.57. The molecule has 1 aliphatic heterocycles. The van der Waals surface area contributed by atoms with Gasteiger partial charge >= 0.3 is 0 Å². The van der Waals surface area contributed by atoms with Gasteiger partial charge in [-0.3, -0.25) is 14.2 Å². The third-order valence-corrected chi connectivity index (χ3v) is 5.26. The van der Waals surface area contributed by atoms with Crippen LogP contribution in [-0.2, 0) is 24.4 Å². The van der Waals surface area contributed by atoms with Crippen molar-refractivity contribution in [1.82, 2.24) is 29.2 Å². The molecule has 4 rings (SSSR count). The average Bonchev–Trinajstić information content (AvgIpc) is 3.14. The van der Waals surface area contributed by atoms with Gasteiger partial charge in [0, 0.05) is 19.2 Å². The van der Waals surface area contributed by atoms with Gasteiger partial charge < -0.3 is 4.90 Å². The predicted molar refractivity (Wildman–Crippen MR) is 94.1 cm³/mol. The molecule has 26 heavy (non-hydrogen) atoms. The average molecular weight is 354 g/mol. The molecule has 0 saturated heterocycles. The molecule has 0 spiro atoms. The number of rotatable bonds is 3. The smallest absolute Gasteiger partial charge is 0.253 e. The maximum absolute atomic E-state index is 13.1. The third-order valence-electron chi connectivity index (χ3n) is 5.26. The molecule has 8 heteroatoms. The Bertz CT molecular complexity index is 901. The van der Waals surface area contributed by atoms with Crippen LogP contribution >= 0.6 is 0 Å². The molecule has 0 fully saturated rings. The molecule has 0 bridgehead atoms. The van der Waals surface area contributed by atoms with Crippen molar-refractivity contribution in [3.8, 4) is 0 Å². The Hall–Kier alpha value is -2.77. The van der Waals surface area contributed by atoms with Gasteiger partial charge in [-0.1, -0.05) is 19.1 Å². The van der Waals surface area contributed by atoms with Gasteiger partial charge in [0.25, 0.3) is 5.56 Å². The molecule has 1 unspecified atom stereocenters. The summed E-state index contributed by atoms with van der Waals surface area (Å²) in [6, 6.07) is 1.54. The van der Waals surface area contributed by atoms with E-state index < -0.39 is 0 Å². The molecule has 2 aromatic rings. The first-order valence-electron chi connectivity index (χ1n) is 8.92. The molecule has 2 aromatic heterocycles. The summed E-state index contributed by atoms with van der Waals surface area (Å²) in [4.78, 5) is 35.9. The Kier molecular flexibility index (Phi) is 4.18. The van der Waals surface area contributed by atoms with Crippen LogP contribution in [0.1, 0.15) is 37.7 Å². The van der Waals surface area contributed by atoms with Gasteiger partial charge in [-0.25, -0.2) is 14.6 Å². The normalized spacial score (nSPS) is 22.3. The fourth-order valence-corrected chi connectivity index (χ4v) is 3.71. The number of allylic oxidation sites excluding steroid dienone is 2. The van der Waals surface area contributed by atoms with E-state index in [-0.39, 0.29) is 16.9 Å². The van der Waals surface area contributed by atoms with Crippen molar-refractivity contribution in [3.05, 3.63) is 52.7 Å². The number of nitrogens with zero attached hydrogens (tertiary/aromatic N) is 6. The molecular formula is C18H22N6O2. The highest BCUT2D eigenvalue weighted by Crippen LogP contribution is 2.34. The van der Waals surface area contributed by atoms with Crippen molar-refractivity contribution in [1.29, 1.82) is 0 Å². The van der Waals surface area contributed by atoms with Gasteiger partial charge in [-0.05, 0) is 19.3 Å². The summed E-state index contributed by atoms with van der Waals surface area (Å²) in [7, 11) is 0. The van der Waals surface area contributed by atoms with Crippen LogP contribution in [-0.4, -0.2) is 41.7 Å². The molecular weight excluding hydrogens is 332 g/mol. The minimum absolute atomic E-state index is 0.0796.